The molecule has 0 saturated carbocycles. The molecule has 0 aliphatic rings. The molecule has 0 fully saturated rings. The lowest BCUT2D eigenvalue weighted by molar-refractivity contribution is -0.582. The Morgan fingerprint density at radius 2 is 1.72 bits per heavy atom. The molecule has 2 aromatic heterocycles. The van der Waals surface area contributed by atoms with Crippen molar-refractivity contribution >= 4 is 10.9 Å². The summed E-state index contributed by atoms with van der Waals surface area (Å²) < 4.78 is 40.0. The number of aromatic nitrogens is 3. The maximum atomic E-state index is 12.7. The van der Waals surface area contributed by atoms with Gasteiger partial charge in [-0.2, -0.15) is 17.7 Å². The lowest BCUT2D eigenvalue weighted by atomic mass is 10.1. The second kappa shape index (κ2) is 5.73. The molecule has 0 amide bonds. The molecule has 0 radical (unpaired) electrons. The van der Waals surface area contributed by atoms with Gasteiger partial charge in [0.05, 0.1) is 16.6 Å². The molecule has 2 aromatic carbocycles. The van der Waals surface area contributed by atoms with Gasteiger partial charge in [0, 0.05) is 11.6 Å². The molecule has 4 rings (SSSR count). The molecule has 1 N–H and O–H groups in total. The Morgan fingerprint density at radius 3 is 2.48 bits per heavy atom. The second-order valence-corrected chi connectivity index (χ2v) is 5.64. The zero-order valence-corrected chi connectivity index (χ0v) is 13.0. The number of benzene rings is 2. The van der Waals surface area contributed by atoms with E-state index >= 15 is 0 Å². The molecule has 4 aromatic rings. The van der Waals surface area contributed by atoms with E-state index in [0.717, 1.165) is 34.4 Å². The minimum Gasteiger partial charge on any atom is -0.255 e. The first-order valence-corrected chi connectivity index (χ1v) is 7.64. The van der Waals surface area contributed by atoms with E-state index in [0.29, 0.717) is 5.69 Å². The number of alkyl halides is 3. The van der Waals surface area contributed by atoms with Gasteiger partial charge in [-0.3, -0.25) is 4.98 Å². The van der Waals surface area contributed by atoms with Gasteiger partial charge in [-0.15, -0.1) is 0 Å². The maximum Gasteiger partial charge on any atom is 0.416 e. The number of H-pyrrole nitrogens is 1. The van der Waals surface area contributed by atoms with Gasteiger partial charge in [0.15, 0.2) is 0 Å². The van der Waals surface area contributed by atoms with Crippen molar-refractivity contribution in [2.24, 2.45) is 0 Å². The Labute approximate surface area is 141 Å². The van der Waals surface area contributed by atoms with E-state index in [1.165, 1.54) is 12.1 Å². The van der Waals surface area contributed by atoms with E-state index in [2.05, 4.69) is 9.97 Å². The molecule has 0 aliphatic carbocycles. The number of imidazole rings is 1. The summed E-state index contributed by atoms with van der Waals surface area (Å²) in [5, 5.41) is 0.994. The predicted molar refractivity (Wildman–Crippen MR) is 88.1 cm³/mol. The number of nitrogens with one attached hydrogen (secondary N) is 1. The molecule has 0 saturated heterocycles. The fourth-order valence-corrected chi connectivity index (χ4v) is 2.78. The summed E-state index contributed by atoms with van der Waals surface area (Å²) in [7, 11) is 0. The average Bonchev–Trinajstić information content (AvgIpc) is 3.10. The van der Waals surface area contributed by atoms with E-state index in [-0.39, 0.29) is 0 Å². The van der Waals surface area contributed by atoms with Gasteiger partial charge >= 0.3 is 6.18 Å². The summed E-state index contributed by atoms with van der Waals surface area (Å²) in [6, 6.07) is 14.8. The van der Waals surface area contributed by atoms with Crippen molar-refractivity contribution in [3.8, 4) is 17.1 Å². The van der Waals surface area contributed by atoms with Crippen LogP contribution in [0, 0.1) is 0 Å². The Morgan fingerprint density at radius 1 is 0.960 bits per heavy atom. The van der Waals surface area contributed by atoms with E-state index in [1.807, 2.05) is 30.3 Å². The van der Waals surface area contributed by atoms with Crippen LogP contribution >= 0.6 is 0 Å². The van der Waals surface area contributed by atoms with Crippen molar-refractivity contribution in [2.75, 3.05) is 0 Å². The first-order chi connectivity index (χ1) is 12.0. The Hall–Kier alpha value is -3.15. The minimum atomic E-state index is -4.34. The number of nitrogens with zero attached hydrogens (tertiary/aromatic N) is 2. The Kier molecular flexibility index (Phi) is 3.53. The summed E-state index contributed by atoms with van der Waals surface area (Å²) in [6.45, 7) is 0. The molecule has 0 bridgehead atoms. The van der Waals surface area contributed by atoms with Gasteiger partial charge in [0.1, 0.15) is 18.1 Å². The standard InChI is InChI=1S/C19H12F3N3/c20-19(21,22)15-5-7-16(8-6-15)25-10-9-23-18(25)14-11-13-3-1-2-4-17(13)24-12-14/h1-12H/p+1. The van der Waals surface area contributed by atoms with Crippen LogP contribution in [-0.4, -0.2) is 9.97 Å². The molecule has 0 spiro atoms. The molecule has 0 atom stereocenters. The quantitative estimate of drug-likeness (QED) is 0.535. The topological polar surface area (TPSA) is 32.6 Å². The zero-order chi connectivity index (χ0) is 17.4. The first kappa shape index (κ1) is 15.4. The molecule has 0 aliphatic heterocycles. The largest absolute Gasteiger partial charge is 0.416 e. The first-order valence-electron chi connectivity index (χ1n) is 7.64. The highest BCUT2D eigenvalue weighted by Crippen LogP contribution is 2.29. The second-order valence-electron chi connectivity index (χ2n) is 5.64. The SMILES string of the molecule is FC(F)(F)c1ccc(-[n+]2cc[nH]c2-c2cnc3ccccc3c2)cc1. The van der Waals surface area contributed by atoms with Crippen LogP contribution in [0.2, 0.25) is 0 Å². The average molecular weight is 340 g/mol. The van der Waals surface area contributed by atoms with E-state index in [9.17, 15) is 13.2 Å². The smallest absolute Gasteiger partial charge is 0.255 e. The number of pyridine rings is 1. The van der Waals surface area contributed by atoms with Crippen LogP contribution in [0.1, 0.15) is 5.56 Å². The van der Waals surface area contributed by atoms with Gasteiger partial charge < -0.3 is 0 Å². The Bertz CT molecular complexity index is 1030. The van der Waals surface area contributed by atoms with Gasteiger partial charge in [0.25, 0.3) is 5.82 Å². The van der Waals surface area contributed by atoms with Crippen molar-refractivity contribution in [3.63, 3.8) is 0 Å². The summed E-state index contributed by atoms with van der Waals surface area (Å²) in [6.07, 6.45) is 0.913. The van der Waals surface area contributed by atoms with E-state index in [4.69, 9.17) is 0 Å². The number of fused-ring (bicyclic) bond motifs is 1. The minimum absolute atomic E-state index is 0.636. The molecule has 25 heavy (non-hydrogen) atoms. The number of hydrogen-bond donors (Lipinski definition) is 1. The Balaban J connectivity index is 1.77. The third kappa shape index (κ3) is 2.87. The van der Waals surface area contributed by atoms with Gasteiger partial charge in [-0.05, 0) is 36.4 Å². The van der Waals surface area contributed by atoms with Crippen LogP contribution in [0.3, 0.4) is 0 Å². The highest BCUT2D eigenvalue weighted by Gasteiger charge is 2.30. The summed E-state index contributed by atoms with van der Waals surface area (Å²) in [5.41, 5.74) is 1.71. The number of hydrogen-bond acceptors (Lipinski definition) is 1. The van der Waals surface area contributed by atoms with Crippen LogP contribution in [0.25, 0.3) is 28.0 Å². The normalized spacial score (nSPS) is 11.8. The fraction of sp³-hybridized carbons (Fsp3) is 0.0526. The van der Waals surface area contributed by atoms with Crippen LogP contribution in [0.5, 0.6) is 0 Å². The molecule has 124 valence electrons. The third-order valence-electron chi connectivity index (χ3n) is 4.02. The van der Waals surface area contributed by atoms with Crippen molar-refractivity contribution in [1.29, 1.82) is 0 Å². The summed E-state index contributed by atoms with van der Waals surface area (Å²) >= 11 is 0. The molecule has 0 unspecified atom stereocenters. The number of para-hydroxylation sites is 1. The number of halogens is 3. The lowest BCUT2D eigenvalue weighted by Crippen LogP contribution is -2.30. The molecule has 3 nitrogen and oxygen atoms in total. The molecule has 6 heteroatoms. The van der Waals surface area contributed by atoms with Crippen molar-refractivity contribution in [2.45, 2.75) is 6.18 Å². The summed E-state index contributed by atoms with van der Waals surface area (Å²) in [5.74, 6) is 0.748. The number of rotatable bonds is 2. The third-order valence-corrected chi connectivity index (χ3v) is 4.02. The van der Waals surface area contributed by atoms with Crippen molar-refractivity contribution < 1.29 is 17.7 Å². The molecule has 2 heterocycles. The van der Waals surface area contributed by atoms with E-state index < -0.39 is 11.7 Å². The van der Waals surface area contributed by atoms with Crippen molar-refractivity contribution in [3.05, 3.63) is 78.8 Å². The maximum absolute atomic E-state index is 12.7. The molecular formula is C19H13F3N3+. The van der Waals surface area contributed by atoms with Crippen LogP contribution in [0.15, 0.2) is 73.2 Å². The zero-order valence-electron chi connectivity index (χ0n) is 13.0. The molecular weight excluding hydrogens is 327 g/mol. The summed E-state index contributed by atoms with van der Waals surface area (Å²) in [4.78, 5) is 7.57. The lowest BCUT2D eigenvalue weighted by Gasteiger charge is -2.07. The van der Waals surface area contributed by atoms with Gasteiger partial charge in [0.2, 0.25) is 0 Å². The van der Waals surface area contributed by atoms with Crippen LogP contribution in [-0.2, 0) is 6.18 Å². The monoisotopic (exact) mass is 340 g/mol. The van der Waals surface area contributed by atoms with Gasteiger partial charge in [-0.1, -0.05) is 18.2 Å². The van der Waals surface area contributed by atoms with Crippen LogP contribution < -0.4 is 4.57 Å². The van der Waals surface area contributed by atoms with Crippen LogP contribution in [0.4, 0.5) is 13.2 Å². The van der Waals surface area contributed by atoms with E-state index in [1.54, 1.807) is 23.2 Å². The predicted octanol–water partition coefficient (Wildman–Crippen LogP) is 4.53. The number of aromatic amines is 1. The fourth-order valence-electron chi connectivity index (χ4n) is 2.78. The highest BCUT2D eigenvalue weighted by atomic mass is 19.4. The van der Waals surface area contributed by atoms with Crippen molar-refractivity contribution in [1.82, 2.24) is 9.97 Å². The van der Waals surface area contributed by atoms with Gasteiger partial charge in [-0.25, -0.2) is 4.98 Å². The highest BCUT2D eigenvalue weighted by molar-refractivity contribution is 5.81.